The van der Waals surface area contributed by atoms with Crippen molar-refractivity contribution in [3.8, 4) is 0 Å². The van der Waals surface area contributed by atoms with Gasteiger partial charge in [0, 0.05) is 19.1 Å². The summed E-state index contributed by atoms with van der Waals surface area (Å²) in [6, 6.07) is -0.197. The Morgan fingerprint density at radius 1 is 1.32 bits per heavy atom. The first-order chi connectivity index (χ1) is 9.00. The molecule has 2 fully saturated rings. The molecule has 0 bridgehead atoms. The van der Waals surface area contributed by atoms with E-state index in [0.717, 1.165) is 32.4 Å². The second-order valence-corrected chi connectivity index (χ2v) is 6.02. The quantitative estimate of drug-likeness (QED) is 0.783. The van der Waals surface area contributed by atoms with Gasteiger partial charge in [-0.2, -0.15) is 0 Å². The van der Waals surface area contributed by atoms with Gasteiger partial charge in [-0.15, -0.1) is 0 Å². The molecule has 2 heterocycles. The van der Waals surface area contributed by atoms with E-state index in [1.807, 2.05) is 18.7 Å². The normalized spacial score (nSPS) is 32.6. The molecular weight excluding hydrogens is 242 g/mol. The maximum Gasteiger partial charge on any atom is 0.239 e. The van der Waals surface area contributed by atoms with Crippen molar-refractivity contribution in [3.05, 3.63) is 0 Å². The van der Waals surface area contributed by atoms with Crippen LogP contribution in [0.5, 0.6) is 0 Å². The zero-order valence-electron chi connectivity index (χ0n) is 12.1. The topological polar surface area (TPSA) is 61.4 Å². The molecule has 5 heteroatoms. The number of hydrogen-bond donors (Lipinski definition) is 2. The summed E-state index contributed by atoms with van der Waals surface area (Å²) in [5.74, 6) is 0.469. The van der Waals surface area contributed by atoms with Gasteiger partial charge in [0.05, 0.1) is 12.1 Å². The second kappa shape index (κ2) is 5.90. The lowest BCUT2D eigenvalue weighted by atomic mass is 9.92. The van der Waals surface area contributed by atoms with Crippen LogP contribution < -0.4 is 10.6 Å². The smallest absolute Gasteiger partial charge is 0.239 e. The SMILES string of the molecule is CC1CCNC(=O)C1NC1CCCN(C(C)C)C1=O. The van der Waals surface area contributed by atoms with E-state index in [0.29, 0.717) is 0 Å². The first-order valence-corrected chi connectivity index (χ1v) is 7.35. The van der Waals surface area contributed by atoms with Crippen LogP contribution in [0.25, 0.3) is 0 Å². The highest BCUT2D eigenvalue weighted by atomic mass is 16.2. The van der Waals surface area contributed by atoms with Crippen LogP contribution in [0.1, 0.15) is 40.0 Å². The summed E-state index contributed by atoms with van der Waals surface area (Å²) in [7, 11) is 0. The number of likely N-dealkylation sites (tertiary alicyclic amines) is 1. The fraction of sp³-hybridized carbons (Fsp3) is 0.857. The third kappa shape index (κ3) is 3.08. The van der Waals surface area contributed by atoms with E-state index in [1.54, 1.807) is 0 Å². The Labute approximate surface area is 115 Å². The molecule has 2 saturated heterocycles. The minimum Gasteiger partial charge on any atom is -0.355 e. The molecule has 0 aliphatic carbocycles. The van der Waals surface area contributed by atoms with E-state index in [9.17, 15) is 9.59 Å². The minimum absolute atomic E-state index is 0.0354. The summed E-state index contributed by atoms with van der Waals surface area (Å²) in [5, 5.41) is 6.16. The van der Waals surface area contributed by atoms with Gasteiger partial charge in [-0.3, -0.25) is 14.9 Å². The van der Waals surface area contributed by atoms with Gasteiger partial charge in [0.1, 0.15) is 0 Å². The predicted octanol–water partition coefficient (Wildman–Crippen LogP) is 0.500. The average Bonchev–Trinajstić information content (AvgIpc) is 2.35. The molecule has 108 valence electrons. The van der Waals surface area contributed by atoms with Crippen LogP contribution in [-0.2, 0) is 9.59 Å². The molecule has 3 atom stereocenters. The Hall–Kier alpha value is -1.10. The lowest BCUT2D eigenvalue weighted by molar-refractivity contribution is -0.138. The molecule has 0 spiro atoms. The van der Waals surface area contributed by atoms with Crippen molar-refractivity contribution in [2.75, 3.05) is 13.1 Å². The highest BCUT2D eigenvalue weighted by Crippen LogP contribution is 2.18. The van der Waals surface area contributed by atoms with E-state index in [-0.39, 0.29) is 35.9 Å². The van der Waals surface area contributed by atoms with Crippen molar-refractivity contribution in [2.45, 2.75) is 58.2 Å². The van der Waals surface area contributed by atoms with E-state index >= 15 is 0 Å². The van der Waals surface area contributed by atoms with Crippen molar-refractivity contribution in [1.82, 2.24) is 15.5 Å². The number of rotatable bonds is 3. The largest absolute Gasteiger partial charge is 0.355 e. The fourth-order valence-electron chi connectivity index (χ4n) is 2.98. The van der Waals surface area contributed by atoms with Crippen molar-refractivity contribution in [3.63, 3.8) is 0 Å². The Morgan fingerprint density at radius 3 is 2.68 bits per heavy atom. The molecule has 0 aromatic carbocycles. The van der Waals surface area contributed by atoms with Crippen LogP contribution in [-0.4, -0.2) is 47.9 Å². The van der Waals surface area contributed by atoms with Crippen LogP contribution in [0.15, 0.2) is 0 Å². The Bertz CT molecular complexity index is 357. The number of amides is 2. The van der Waals surface area contributed by atoms with Crippen LogP contribution in [0.2, 0.25) is 0 Å². The molecule has 2 N–H and O–H groups in total. The van der Waals surface area contributed by atoms with Crippen LogP contribution in [0.3, 0.4) is 0 Å². The Morgan fingerprint density at radius 2 is 2.05 bits per heavy atom. The fourth-order valence-corrected chi connectivity index (χ4v) is 2.98. The summed E-state index contributed by atoms with van der Waals surface area (Å²) >= 11 is 0. The zero-order valence-corrected chi connectivity index (χ0v) is 12.1. The summed E-state index contributed by atoms with van der Waals surface area (Å²) in [5.41, 5.74) is 0. The van der Waals surface area contributed by atoms with Gasteiger partial charge in [0.25, 0.3) is 0 Å². The molecule has 3 unspecified atom stereocenters. The van der Waals surface area contributed by atoms with E-state index < -0.39 is 0 Å². The van der Waals surface area contributed by atoms with Gasteiger partial charge in [-0.05, 0) is 39.0 Å². The van der Waals surface area contributed by atoms with E-state index in [4.69, 9.17) is 0 Å². The molecule has 0 aromatic heterocycles. The monoisotopic (exact) mass is 267 g/mol. The highest BCUT2D eigenvalue weighted by molar-refractivity contribution is 5.86. The minimum atomic E-state index is -0.227. The lowest BCUT2D eigenvalue weighted by Crippen LogP contribution is -2.61. The standard InChI is InChI=1S/C14H25N3O2/c1-9(2)17-8-4-5-11(14(17)19)16-12-10(3)6-7-15-13(12)18/h9-12,16H,4-8H2,1-3H3,(H,15,18). The predicted molar refractivity (Wildman–Crippen MR) is 73.6 cm³/mol. The van der Waals surface area contributed by atoms with E-state index in [2.05, 4.69) is 17.6 Å². The number of nitrogens with one attached hydrogen (secondary N) is 2. The molecule has 19 heavy (non-hydrogen) atoms. The number of piperidine rings is 2. The van der Waals surface area contributed by atoms with E-state index in [1.165, 1.54) is 0 Å². The first-order valence-electron chi connectivity index (χ1n) is 7.35. The van der Waals surface area contributed by atoms with Crippen LogP contribution >= 0.6 is 0 Å². The van der Waals surface area contributed by atoms with Gasteiger partial charge in [0.15, 0.2) is 0 Å². The summed E-state index contributed by atoms with van der Waals surface area (Å²) < 4.78 is 0. The van der Waals surface area contributed by atoms with Crippen molar-refractivity contribution >= 4 is 11.8 Å². The first kappa shape index (κ1) is 14.3. The molecule has 2 aliphatic heterocycles. The number of carbonyl (C=O) groups excluding carboxylic acids is 2. The van der Waals surface area contributed by atoms with Gasteiger partial charge in [-0.25, -0.2) is 0 Å². The molecule has 0 saturated carbocycles. The van der Waals surface area contributed by atoms with Crippen LogP contribution in [0, 0.1) is 5.92 Å². The highest BCUT2D eigenvalue weighted by Gasteiger charge is 2.36. The number of carbonyl (C=O) groups is 2. The Balaban J connectivity index is 2.01. The number of hydrogen-bond acceptors (Lipinski definition) is 3. The molecular formula is C14H25N3O2. The third-order valence-corrected chi connectivity index (χ3v) is 4.23. The maximum atomic E-state index is 12.4. The average molecular weight is 267 g/mol. The molecule has 2 rings (SSSR count). The van der Waals surface area contributed by atoms with Gasteiger partial charge in [0.2, 0.25) is 11.8 Å². The zero-order chi connectivity index (χ0) is 14.0. The van der Waals surface area contributed by atoms with Gasteiger partial charge in [-0.1, -0.05) is 6.92 Å². The molecule has 2 aliphatic rings. The summed E-state index contributed by atoms with van der Waals surface area (Å²) in [6.45, 7) is 7.73. The number of nitrogens with zero attached hydrogens (tertiary/aromatic N) is 1. The van der Waals surface area contributed by atoms with Crippen molar-refractivity contribution < 1.29 is 9.59 Å². The van der Waals surface area contributed by atoms with Crippen molar-refractivity contribution in [1.29, 1.82) is 0 Å². The van der Waals surface area contributed by atoms with Crippen molar-refractivity contribution in [2.24, 2.45) is 5.92 Å². The summed E-state index contributed by atoms with van der Waals surface area (Å²) in [4.78, 5) is 26.2. The maximum absolute atomic E-state index is 12.4. The summed E-state index contributed by atoms with van der Waals surface area (Å²) in [6.07, 6.45) is 2.81. The van der Waals surface area contributed by atoms with Gasteiger partial charge < -0.3 is 10.2 Å². The Kier molecular flexibility index (Phi) is 4.45. The second-order valence-electron chi connectivity index (χ2n) is 6.02. The molecule has 0 aromatic rings. The third-order valence-electron chi connectivity index (χ3n) is 4.23. The molecule has 2 amide bonds. The molecule has 5 nitrogen and oxygen atoms in total. The van der Waals surface area contributed by atoms with Crippen LogP contribution in [0.4, 0.5) is 0 Å². The lowest BCUT2D eigenvalue weighted by Gasteiger charge is -2.38. The molecule has 0 radical (unpaired) electrons. The van der Waals surface area contributed by atoms with Gasteiger partial charge >= 0.3 is 0 Å².